The first-order valence-electron chi connectivity index (χ1n) is 18.4. The lowest BCUT2D eigenvalue weighted by atomic mass is 10.0. The lowest BCUT2D eigenvalue weighted by Crippen LogP contribution is -2.52. The van der Waals surface area contributed by atoms with E-state index in [-0.39, 0.29) is 0 Å². The van der Waals surface area contributed by atoms with Gasteiger partial charge >= 0.3 is 12.3 Å². The molecule has 300 valence electrons. The van der Waals surface area contributed by atoms with Gasteiger partial charge in [-0.1, -0.05) is 123 Å². The number of benzene rings is 4. The summed E-state index contributed by atoms with van der Waals surface area (Å²) >= 11 is 0.722. The standard InChI is InChI=1S/C41H45F3N2O8S2/c1-30-23-25-33(26-24-30)55-39(40(47)54-41(42,43)44)37(38-35(53-38)21-12-4-2-3-5-15-27-52-29-32-18-10-7-11-19-32)45(28-31-16-8-6-9-17-31)56(50,51)36-22-14-13-20-34(36)46(48)49/h6-11,13-14,16-20,22-26,35,37-39H,2-5,12,15,21,27-29H2,1H3/t35-,37+,38+,39?/m0/s1. The molecule has 0 N–H and O–H groups in total. The molecule has 4 atom stereocenters. The number of nitro benzene ring substituents is 1. The maximum absolute atomic E-state index is 14.7. The number of alkyl halides is 3. The molecule has 1 fully saturated rings. The summed E-state index contributed by atoms with van der Waals surface area (Å²) in [5, 5.41) is 10.3. The lowest BCUT2D eigenvalue weighted by molar-refractivity contribution is -0.387. The van der Waals surface area contributed by atoms with E-state index in [4.69, 9.17) is 9.47 Å². The van der Waals surface area contributed by atoms with Gasteiger partial charge in [0.1, 0.15) is 11.4 Å². The molecule has 0 aliphatic carbocycles. The summed E-state index contributed by atoms with van der Waals surface area (Å²) in [5.74, 6) is -1.72. The van der Waals surface area contributed by atoms with Gasteiger partial charge in [-0.15, -0.1) is 24.9 Å². The van der Waals surface area contributed by atoms with Gasteiger partial charge in [0.25, 0.3) is 15.7 Å². The Hall–Kier alpha value is -4.28. The zero-order valence-corrected chi connectivity index (χ0v) is 32.5. The monoisotopic (exact) mass is 814 g/mol. The number of unbranched alkanes of at least 4 members (excludes halogenated alkanes) is 5. The minimum atomic E-state index is -5.37. The van der Waals surface area contributed by atoms with Crippen LogP contribution in [0.3, 0.4) is 0 Å². The van der Waals surface area contributed by atoms with Crippen LogP contribution in [0.2, 0.25) is 0 Å². The van der Waals surface area contributed by atoms with Crippen molar-refractivity contribution in [2.45, 2.75) is 105 Å². The highest BCUT2D eigenvalue weighted by atomic mass is 32.2. The number of carbonyl (C=O) groups excluding carboxylic acids is 1. The van der Waals surface area contributed by atoms with Crippen molar-refractivity contribution in [3.05, 3.63) is 136 Å². The second-order valence-electron chi connectivity index (χ2n) is 13.6. The van der Waals surface area contributed by atoms with Crippen molar-refractivity contribution in [3.63, 3.8) is 0 Å². The Morgan fingerprint density at radius 2 is 1.45 bits per heavy atom. The molecule has 1 aliphatic heterocycles. The fourth-order valence-electron chi connectivity index (χ4n) is 6.46. The number of ether oxygens (including phenoxy) is 3. The molecule has 0 amide bonds. The fourth-order valence-corrected chi connectivity index (χ4v) is 9.50. The zero-order chi connectivity index (χ0) is 40.1. The first kappa shape index (κ1) is 42.9. The van der Waals surface area contributed by atoms with E-state index in [1.807, 2.05) is 37.3 Å². The number of esters is 1. The number of epoxide rings is 1. The highest BCUT2D eigenvalue weighted by molar-refractivity contribution is 8.00. The van der Waals surface area contributed by atoms with E-state index in [0.29, 0.717) is 36.5 Å². The van der Waals surface area contributed by atoms with Crippen LogP contribution >= 0.6 is 11.8 Å². The van der Waals surface area contributed by atoms with Gasteiger partial charge < -0.3 is 14.2 Å². The molecule has 0 radical (unpaired) electrons. The summed E-state index contributed by atoms with van der Waals surface area (Å²) in [5.41, 5.74) is 1.69. The van der Waals surface area contributed by atoms with Crippen LogP contribution in [-0.4, -0.2) is 60.1 Å². The Balaban J connectivity index is 1.38. The van der Waals surface area contributed by atoms with Gasteiger partial charge in [0.05, 0.1) is 23.7 Å². The van der Waals surface area contributed by atoms with Gasteiger partial charge in [-0.05, 0) is 49.1 Å². The van der Waals surface area contributed by atoms with Crippen molar-refractivity contribution >= 4 is 33.4 Å². The summed E-state index contributed by atoms with van der Waals surface area (Å²) in [4.78, 5) is 24.6. The second-order valence-corrected chi connectivity index (χ2v) is 16.6. The van der Waals surface area contributed by atoms with Crippen LogP contribution in [-0.2, 0) is 42.2 Å². The molecule has 0 spiro atoms. The minimum absolute atomic E-state index is 0.384. The van der Waals surface area contributed by atoms with Gasteiger partial charge in [-0.25, -0.2) is 8.42 Å². The SMILES string of the molecule is Cc1ccc(SC(C(=O)OC(F)(F)F)[C@@H]([C@@H]2O[C@H]2CCCCCCCCOCc2ccccc2)N(Cc2ccccc2)S(=O)(=O)c2ccccc2[N+](=O)[O-])cc1. The predicted molar refractivity (Wildman–Crippen MR) is 206 cm³/mol. The molecular formula is C41H45F3N2O8S2. The van der Waals surface area contributed by atoms with Crippen molar-refractivity contribution in [1.82, 2.24) is 4.31 Å². The van der Waals surface area contributed by atoms with E-state index in [0.717, 1.165) is 71.4 Å². The molecule has 15 heteroatoms. The number of rotatable bonds is 22. The molecule has 5 rings (SSSR count). The third-order valence-corrected chi connectivity index (χ3v) is 12.5. The van der Waals surface area contributed by atoms with Crippen LogP contribution in [0.1, 0.15) is 61.6 Å². The van der Waals surface area contributed by atoms with E-state index < -0.39 is 67.9 Å². The number of sulfonamides is 1. The van der Waals surface area contributed by atoms with Gasteiger partial charge in [-0.3, -0.25) is 14.9 Å². The van der Waals surface area contributed by atoms with Gasteiger partial charge in [-0.2, -0.15) is 4.31 Å². The molecule has 1 saturated heterocycles. The van der Waals surface area contributed by atoms with Crippen LogP contribution < -0.4 is 0 Å². The van der Waals surface area contributed by atoms with Gasteiger partial charge in [0.2, 0.25) is 0 Å². The average molecular weight is 815 g/mol. The number of aryl methyl sites for hydroxylation is 1. The molecule has 4 aromatic carbocycles. The average Bonchev–Trinajstić information content (AvgIpc) is 3.94. The van der Waals surface area contributed by atoms with E-state index in [1.54, 1.807) is 54.6 Å². The largest absolute Gasteiger partial charge is 0.575 e. The Bertz CT molecular complexity index is 1970. The number of halogens is 3. The Kier molecular flexibility index (Phi) is 15.5. The molecular weight excluding hydrogens is 770 g/mol. The van der Waals surface area contributed by atoms with Crippen molar-refractivity contribution in [2.75, 3.05) is 6.61 Å². The summed E-state index contributed by atoms with van der Waals surface area (Å²) in [6, 6.07) is 28.0. The minimum Gasteiger partial charge on any atom is -0.377 e. The Morgan fingerprint density at radius 3 is 2.09 bits per heavy atom. The first-order valence-corrected chi connectivity index (χ1v) is 20.7. The summed E-state index contributed by atoms with van der Waals surface area (Å²) in [6.45, 7) is 2.61. The predicted octanol–water partition coefficient (Wildman–Crippen LogP) is 9.40. The summed E-state index contributed by atoms with van der Waals surface area (Å²) in [6.07, 6.45) is -1.20. The number of hydrogen-bond donors (Lipinski definition) is 0. The van der Waals surface area contributed by atoms with Crippen LogP contribution in [0.15, 0.2) is 119 Å². The van der Waals surface area contributed by atoms with E-state index in [2.05, 4.69) is 4.74 Å². The quantitative estimate of drug-likeness (QED) is 0.0190. The summed E-state index contributed by atoms with van der Waals surface area (Å²) in [7, 11) is -4.88. The zero-order valence-electron chi connectivity index (χ0n) is 30.9. The number of nitrogens with zero attached hydrogens (tertiary/aromatic N) is 2. The molecule has 0 bridgehead atoms. The van der Waals surface area contributed by atoms with Crippen molar-refractivity contribution in [1.29, 1.82) is 0 Å². The number of thioether (sulfide) groups is 1. The molecule has 10 nitrogen and oxygen atoms in total. The number of nitro groups is 1. The third kappa shape index (κ3) is 12.6. The summed E-state index contributed by atoms with van der Waals surface area (Å²) < 4.78 is 87.4. The number of hydrogen-bond acceptors (Lipinski definition) is 9. The topological polar surface area (TPSA) is 129 Å². The normalized spacial score (nSPS) is 16.7. The molecule has 1 aliphatic rings. The maximum atomic E-state index is 14.7. The smallest absolute Gasteiger partial charge is 0.377 e. The second kappa shape index (κ2) is 20.2. The molecule has 1 unspecified atom stereocenters. The molecule has 0 aromatic heterocycles. The van der Waals surface area contributed by atoms with E-state index >= 15 is 0 Å². The highest BCUT2D eigenvalue weighted by Crippen LogP contribution is 2.43. The molecule has 56 heavy (non-hydrogen) atoms. The Morgan fingerprint density at radius 1 is 0.857 bits per heavy atom. The fraction of sp³-hybridized carbons (Fsp3) is 0.390. The third-order valence-electron chi connectivity index (χ3n) is 9.30. The maximum Gasteiger partial charge on any atom is 0.575 e. The van der Waals surface area contributed by atoms with Crippen LogP contribution in [0.4, 0.5) is 18.9 Å². The first-order chi connectivity index (χ1) is 26.8. The van der Waals surface area contributed by atoms with Crippen LogP contribution in [0.25, 0.3) is 0 Å². The van der Waals surface area contributed by atoms with Crippen molar-refractivity contribution < 1.29 is 45.5 Å². The van der Waals surface area contributed by atoms with Gasteiger partial charge in [0.15, 0.2) is 4.90 Å². The van der Waals surface area contributed by atoms with E-state index in [9.17, 15) is 36.5 Å². The van der Waals surface area contributed by atoms with Crippen molar-refractivity contribution in [2.24, 2.45) is 0 Å². The van der Waals surface area contributed by atoms with Crippen LogP contribution in [0, 0.1) is 17.0 Å². The molecule has 0 saturated carbocycles. The molecule has 4 aromatic rings. The van der Waals surface area contributed by atoms with Crippen molar-refractivity contribution in [3.8, 4) is 0 Å². The lowest BCUT2D eigenvalue weighted by Gasteiger charge is -2.34. The van der Waals surface area contributed by atoms with E-state index in [1.165, 1.54) is 12.1 Å². The van der Waals surface area contributed by atoms with Crippen LogP contribution in [0.5, 0.6) is 0 Å². The highest BCUT2D eigenvalue weighted by Gasteiger charge is 2.56. The number of carbonyl (C=O) groups is 1. The molecule has 1 heterocycles. The number of para-hydroxylation sites is 1. The Labute approximate surface area is 329 Å². The van der Waals surface area contributed by atoms with Gasteiger partial charge in [0, 0.05) is 24.1 Å².